The number of rotatable bonds is 16. The predicted octanol–water partition coefficient (Wildman–Crippen LogP) is 7.97. The van der Waals surface area contributed by atoms with Crippen LogP contribution in [-0.4, -0.2) is 48.5 Å². The Morgan fingerprint density at radius 1 is 0.604 bits per heavy atom. The van der Waals surface area contributed by atoms with Crippen LogP contribution in [0.25, 0.3) is 11.1 Å². The van der Waals surface area contributed by atoms with Crippen molar-refractivity contribution in [1.82, 2.24) is 0 Å². The highest BCUT2D eigenvalue weighted by Crippen LogP contribution is 2.30. The molecule has 0 aromatic heterocycles. The van der Waals surface area contributed by atoms with Crippen molar-refractivity contribution in [3.8, 4) is 28.4 Å². The molecule has 4 aromatic rings. The fourth-order valence-corrected chi connectivity index (χ4v) is 5.33. The van der Waals surface area contributed by atoms with Gasteiger partial charge in [-0.3, -0.25) is 4.48 Å². The summed E-state index contributed by atoms with van der Waals surface area (Å²) in [5.74, 6) is 1.54. The van der Waals surface area contributed by atoms with Gasteiger partial charge in [0.05, 0.1) is 33.9 Å². The second-order valence-electron chi connectivity index (χ2n) is 12.3. The molecular weight excluding hydrogens is 618 g/mol. The average Bonchev–Trinajstić information content (AvgIpc) is 3.09. The summed E-state index contributed by atoms with van der Waals surface area (Å²) in [5, 5.41) is 19.5. The van der Waals surface area contributed by atoms with E-state index < -0.39 is 0 Å². The van der Waals surface area contributed by atoms with Crippen LogP contribution < -0.4 is 17.1 Å². The largest absolute Gasteiger partial charge is 1.00 e. The molecule has 264 valence electrons. The number of ether oxygens (including phenoxy) is 2. The SMILES string of the molecule is CCCCCCCCCc1c(O)cccc1OCC.CCOC(c1ccccc1)[N+](C)(C)CC.Oc1ccccc1-c1ccccc1.[Cl-]. The van der Waals surface area contributed by atoms with E-state index in [1.54, 1.807) is 12.1 Å². The summed E-state index contributed by atoms with van der Waals surface area (Å²) in [5.41, 5.74) is 4.15. The minimum atomic E-state index is 0. The van der Waals surface area contributed by atoms with Crippen LogP contribution >= 0.6 is 0 Å². The molecule has 0 aliphatic heterocycles. The van der Waals surface area contributed by atoms with Crippen LogP contribution in [0, 0.1) is 0 Å². The molecule has 0 spiro atoms. The van der Waals surface area contributed by atoms with Crippen LogP contribution in [0.1, 0.15) is 90.0 Å². The Labute approximate surface area is 297 Å². The molecule has 4 aromatic carbocycles. The lowest BCUT2D eigenvalue weighted by Gasteiger charge is -2.36. The Morgan fingerprint density at radius 3 is 1.75 bits per heavy atom. The topological polar surface area (TPSA) is 58.9 Å². The smallest absolute Gasteiger partial charge is 0.219 e. The first kappa shape index (κ1) is 42.5. The number of quaternary nitrogens is 1. The first-order valence-electron chi connectivity index (χ1n) is 17.5. The third kappa shape index (κ3) is 15.1. The number of unbranched alkanes of at least 4 members (excludes halogenated alkanes) is 6. The van der Waals surface area contributed by atoms with Gasteiger partial charge in [0.1, 0.15) is 17.2 Å². The Hall–Kier alpha value is -3.51. The van der Waals surface area contributed by atoms with Crippen molar-refractivity contribution in [1.29, 1.82) is 0 Å². The Bertz CT molecular complexity index is 1360. The van der Waals surface area contributed by atoms with Gasteiger partial charge in [-0.05, 0) is 57.4 Å². The molecule has 4 rings (SSSR count). The van der Waals surface area contributed by atoms with Gasteiger partial charge in [-0.25, -0.2) is 0 Å². The number of para-hydroxylation sites is 1. The van der Waals surface area contributed by atoms with Crippen molar-refractivity contribution in [3.05, 3.63) is 114 Å². The van der Waals surface area contributed by atoms with Gasteiger partial charge in [0.25, 0.3) is 0 Å². The second-order valence-corrected chi connectivity index (χ2v) is 12.3. The number of nitrogens with zero attached hydrogens (tertiary/aromatic N) is 1. The monoisotopic (exact) mass is 677 g/mol. The number of halogens is 1. The van der Waals surface area contributed by atoms with Crippen molar-refractivity contribution < 1.29 is 36.6 Å². The molecule has 0 saturated carbocycles. The molecule has 2 N–H and O–H groups in total. The summed E-state index contributed by atoms with van der Waals surface area (Å²) < 4.78 is 12.3. The van der Waals surface area contributed by atoms with Crippen molar-refractivity contribution in [3.63, 3.8) is 0 Å². The summed E-state index contributed by atoms with van der Waals surface area (Å²) in [6.45, 7) is 10.9. The second kappa shape index (κ2) is 24.6. The van der Waals surface area contributed by atoms with E-state index in [4.69, 9.17) is 9.47 Å². The van der Waals surface area contributed by atoms with E-state index in [0.29, 0.717) is 18.1 Å². The molecule has 6 heteroatoms. The summed E-state index contributed by atoms with van der Waals surface area (Å²) >= 11 is 0. The van der Waals surface area contributed by atoms with Gasteiger partial charge in [0, 0.05) is 16.7 Å². The maximum Gasteiger partial charge on any atom is 0.219 e. The van der Waals surface area contributed by atoms with Crippen molar-refractivity contribution in [2.24, 2.45) is 0 Å². The standard InChI is InChI=1S/C17H28O2.C13H22NO.C12H10O.ClH/c1-3-5-6-7-8-9-10-12-15-16(18)13-11-14-17(15)19-4-2;1-5-14(3,4)13(15-6-2)12-10-8-7-9-11-12;13-12-9-5-4-8-11(12)10-6-2-1-3-7-10;/h11,13-14,18H,3-10,12H2,1-2H3;7-11,13H,5-6H2,1-4H3;1-9,13H;1H/q;+1;;/p-1. The number of phenols is 2. The molecule has 48 heavy (non-hydrogen) atoms. The van der Waals surface area contributed by atoms with Crippen LogP contribution in [0.5, 0.6) is 17.2 Å². The van der Waals surface area contributed by atoms with Gasteiger partial charge in [0.15, 0.2) is 0 Å². The highest BCUT2D eigenvalue weighted by Gasteiger charge is 2.28. The van der Waals surface area contributed by atoms with Crippen LogP contribution in [-0.2, 0) is 11.2 Å². The maximum atomic E-state index is 9.91. The van der Waals surface area contributed by atoms with Crippen LogP contribution in [0.4, 0.5) is 0 Å². The molecule has 0 aliphatic rings. The quantitative estimate of drug-likeness (QED) is 0.0718. The average molecular weight is 678 g/mol. The van der Waals surface area contributed by atoms with Crippen molar-refractivity contribution >= 4 is 0 Å². The van der Waals surface area contributed by atoms with Gasteiger partial charge >= 0.3 is 0 Å². The molecule has 0 aliphatic carbocycles. The van der Waals surface area contributed by atoms with Crippen LogP contribution in [0.2, 0.25) is 0 Å². The van der Waals surface area contributed by atoms with E-state index in [1.807, 2.05) is 80.6 Å². The zero-order chi connectivity index (χ0) is 34.3. The van der Waals surface area contributed by atoms with Crippen LogP contribution in [0.3, 0.4) is 0 Å². The Morgan fingerprint density at radius 2 is 1.17 bits per heavy atom. The van der Waals surface area contributed by atoms with Gasteiger partial charge in [-0.15, -0.1) is 0 Å². The van der Waals surface area contributed by atoms with Gasteiger partial charge in [-0.2, -0.15) is 0 Å². The molecule has 0 amide bonds. The van der Waals surface area contributed by atoms with E-state index >= 15 is 0 Å². The first-order chi connectivity index (χ1) is 22.8. The van der Waals surface area contributed by atoms with Crippen LogP contribution in [0.15, 0.2) is 103 Å². The maximum absolute atomic E-state index is 9.91. The summed E-state index contributed by atoms with van der Waals surface area (Å²) in [6, 6.07) is 33.2. The highest BCUT2D eigenvalue weighted by atomic mass is 35.5. The fraction of sp³-hybridized carbons (Fsp3) is 0.429. The molecule has 1 unspecified atom stereocenters. The molecule has 0 saturated heterocycles. The summed E-state index contributed by atoms with van der Waals surface area (Å²) in [4.78, 5) is 0. The Kier molecular flexibility index (Phi) is 21.8. The van der Waals surface area contributed by atoms with Gasteiger partial charge in [-0.1, -0.05) is 130 Å². The van der Waals surface area contributed by atoms with E-state index in [1.165, 1.54) is 44.1 Å². The summed E-state index contributed by atoms with van der Waals surface area (Å²) in [6.07, 6.45) is 10.1. The number of hydrogen-bond donors (Lipinski definition) is 2. The molecule has 1 atom stereocenters. The Balaban J connectivity index is 0.000000362. The first-order valence-corrected chi connectivity index (χ1v) is 17.5. The third-order valence-electron chi connectivity index (χ3n) is 8.29. The molecule has 0 bridgehead atoms. The highest BCUT2D eigenvalue weighted by molar-refractivity contribution is 5.69. The van der Waals surface area contributed by atoms with Crippen molar-refractivity contribution in [2.75, 3.05) is 33.9 Å². The number of phenolic OH excluding ortho intramolecular Hbond substituents is 2. The minimum absolute atomic E-state index is 0. The van der Waals surface area contributed by atoms with Crippen molar-refractivity contribution in [2.45, 2.75) is 85.3 Å². The van der Waals surface area contributed by atoms with Gasteiger partial charge in [0.2, 0.25) is 6.23 Å². The van der Waals surface area contributed by atoms with E-state index in [0.717, 1.165) is 52.9 Å². The molecule has 0 heterocycles. The molecule has 0 fully saturated rings. The molecule has 0 radical (unpaired) electrons. The number of aromatic hydroxyl groups is 2. The molecule has 5 nitrogen and oxygen atoms in total. The van der Waals surface area contributed by atoms with E-state index in [9.17, 15) is 10.2 Å². The summed E-state index contributed by atoms with van der Waals surface area (Å²) in [7, 11) is 4.40. The van der Waals surface area contributed by atoms with Gasteiger partial charge < -0.3 is 32.1 Å². The van der Waals surface area contributed by atoms with E-state index in [-0.39, 0.29) is 18.6 Å². The fourth-order valence-electron chi connectivity index (χ4n) is 5.33. The zero-order valence-electron chi connectivity index (χ0n) is 30.2. The third-order valence-corrected chi connectivity index (χ3v) is 8.29. The lowest BCUT2D eigenvalue weighted by molar-refractivity contribution is -0.943. The predicted molar refractivity (Wildman–Crippen MR) is 198 cm³/mol. The lowest BCUT2D eigenvalue weighted by atomic mass is 10.0. The zero-order valence-corrected chi connectivity index (χ0v) is 31.0. The molecular formula is C42H60ClNO4. The number of benzene rings is 4. The number of hydrogen-bond acceptors (Lipinski definition) is 4. The minimum Gasteiger partial charge on any atom is -1.00 e. The lowest BCUT2D eigenvalue weighted by Crippen LogP contribution is -3.00. The normalized spacial score (nSPS) is 11.2. The van der Waals surface area contributed by atoms with E-state index in [2.05, 4.69) is 52.2 Å².